The van der Waals surface area contributed by atoms with Crippen molar-refractivity contribution in [3.8, 4) is 18.2 Å². The molecule has 1 N–H and O–H groups in total. The summed E-state index contributed by atoms with van der Waals surface area (Å²) in [6, 6.07) is 11.5. The minimum Gasteiger partial charge on any atom is -0.481 e. The molecule has 0 atom stereocenters. The molecule has 8 heteroatoms. The number of carbonyl (C=O) groups is 1. The zero-order valence-corrected chi connectivity index (χ0v) is 16.7. The number of aromatic nitrogens is 3. The van der Waals surface area contributed by atoms with Gasteiger partial charge in [0.2, 0.25) is 17.7 Å². The van der Waals surface area contributed by atoms with Gasteiger partial charge in [-0.15, -0.1) is 12.3 Å². The van der Waals surface area contributed by atoms with E-state index in [0.29, 0.717) is 44.1 Å². The standard InChI is InChI=1S/C22H22N6O2/c1-3-4-12-22(26-27-22)13-11-19(29)25-21-24-17-7-5-6-8-18(17)28(21)15-16-9-10-20(30-2)23-14-16/h1,5-10,14H,4,11-13,15H2,2H3,(H,24,25,29). The molecule has 0 fully saturated rings. The van der Waals surface area contributed by atoms with Crippen molar-refractivity contribution in [1.29, 1.82) is 0 Å². The summed E-state index contributed by atoms with van der Waals surface area (Å²) in [5, 5.41) is 11.1. The molecule has 0 radical (unpaired) electrons. The molecule has 0 bridgehead atoms. The van der Waals surface area contributed by atoms with Gasteiger partial charge >= 0.3 is 0 Å². The van der Waals surface area contributed by atoms with E-state index in [9.17, 15) is 4.79 Å². The average Bonchev–Trinajstić information content (AvgIpc) is 3.47. The largest absolute Gasteiger partial charge is 0.481 e. The molecule has 0 spiro atoms. The van der Waals surface area contributed by atoms with Crippen LogP contribution in [0.2, 0.25) is 0 Å². The fraction of sp³-hybridized carbons (Fsp3) is 0.318. The number of carbonyl (C=O) groups excluding carboxylic acids is 1. The number of hydrogen-bond acceptors (Lipinski definition) is 6. The highest BCUT2D eigenvalue weighted by atomic mass is 16.5. The summed E-state index contributed by atoms with van der Waals surface area (Å²) >= 11 is 0. The van der Waals surface area contributed by atoms with E-state index < -0.39 is 5.66 Å². The topological polar surface area (TPSA) is 93.8 Å². The van der Waals surface area contributed by atoms with Gasteiger partial charge < -0.3 is 9.30 Å². The Morgan fingerprint density at radius 2 is 2.07 bits per heavy atom. The molecular weight excluding hydrogens is 380 g/mol. The number of para-hydroxylation sites is 2. The number of benzene rings is 1. The van der Waals surface area contributed by atoms with Gasteiger partial charge in [-0.1, -0.05) is 18.2 Å². The summed E-state index contributed by atoms with van der Waals surface area (Å²) in [7, 11) is 1.58. The molecule has 2 aromatic heterocycles. The Balaban J connectivity index is 1.49. The first-order chi connectivity index (χ1) is 14.6. The second kappa shape index (κ2) is 8.33. The van der Waals surface area contributed by atoms with Crippen LogP contribution in [0.4, 0.5) is 5.95 Å². The number of pyridine rings is 1. The van der Waals surface area contributed by atoms with Gasteiger partial charge in [-0.2, -0.15) is 10.2 Å². The van der Waals surface area contributed by atoms with Crippen LogP contribution in [-0.2, 0) is 11.3 Å². The minimum absolute atomic E-state index is 0.128. The molecule has 1 aromatic carbocycles. The van der Waals surface area contributed by atoms with E-state index in [1.807, 2.05) is 41.0 Å². The number of rotatable bonds is 9. The van der Waals surface area contributed by atoms with Crippen molar-refractivity contribution in [2.24, 2.45) is 10.2 Å². The lowest BCUT2D eigenvalue weighted by Crippen LogP contribution is -2.20. The summed E-state index contributed by atoms with van der Waals surface area (Å²) in [6.07, 6.45) is 9.19. The Bertz CT molecular complexity index is 1120. The third-order valence-electron chi connectivity index (χ3n) is 5.06. The van der Waals surface area contributed by atoms with Crippen LogP contribution in [-0.4, -0.2) is 33.2 Å². The van der Waals surface area contributed by atoms with Crippen LogP contribution in [0, 0.1) is 12.3 Å². The normalized spacial score (nSPS) is 13.7. The van der Waals surface area contributed by atoms with Gasteiger partial charge in [0.1, 0.15) is 0 Å². The highest BCUT2D eigenvalue weighted by Crippen LogP contribution is 2.37. The van der Waals surface area contributed by atoms with Gasteiger partial charge in [0, 0.05) is 37.9 Å². The number of anilines is 1. The molecule has 3 aromatic rings. The molecule has 0 saturated heterocycles. The second-order valence-corrected chi connectivity index (χ2v) is 7.15. The Hall–Kier alpha value is -3.73. The number of ether oxygens (including phenoxy) is 1. The molecule has 30 heavy (non-hydrogen) atoms. The molecule has 1 amide bonds. The van der Waals surface area contributed by atoms with Crippen molar-refractivity contribution < 1.29 is 9.53 Å². The van der Waals surface area contributed by atoms with Gasteiger partial charge in [-0.3, -0.25) is 10.1 Å². The van der Waals surface area contributed by atoms with Crippen molar-refractivity contribution in [3.05, 3.63) is 48.2 Å². The SMILES string of the molecule is C#CCCC1(CCC(=O)Nc2nc3ccccc3n2Cc2ccc(OC)nc2)N=N1. The zero-order chi connectivity index (χ0) is 21.0. The summed E-state index contributed by atoms with van der Waals surface area (Å²) in [4.78, 5) is 21.5. The first-order valence-corrected chi connectivity index (χ1v) is 9.74. The number of fused-ring (bicyclic) bond motifs is 1. The Morgan fingerprint density at radius 1 is 1.23 bits per heavy atom. The van der Waals surface area contributed by atoms with E-state index >= 15 is 0 Å². The summed E-state index contributed by atoms with van der Waals surface area (Å²) < 4.78 is 7.09. The maximum Gasteiger partial charge on any atom is 0.226 e. The van der Waals surface area contributed by atoms with E-state index in [4.69, 9.17) is 11.2 Å². The lowest BCUT2D eigenvalue weighted by atomic mass is 10.0. The molecule has 1 aliphatic heterocycles. The van der Waals surface area contributed by atoms with Gasteiger partial charge in [0.05, 0.1) is 24.7 Å². The van der Waals surface area contributed by atoms with Crippen LogP contribution in [0.15, 0.2) is 52.8 Å². The number of nitrogens with one attached hydrogen (secondary N) is 1. The molecule has 1 aliphatic rings. The van der Waals surface area contributed by atoms with E-state index in [1.165, 1.54) is 0 Å². The van der Waals surface area contributed by atoms with E-state index in [2.05, 4.69) is 31.4 Å². The van der Waals surface area contributed by atoms with Gasteiger partial charge in [-0.05, 0) is 17.7 Å². The summed E-state index contributed by atoms with van der Waals surface area (Å²) in [5.41, 5.74) is 2.24. The molecule has 3 heterocycles. The van der Waals surface area contributed by atoms with Crippen LogP contribution in [0.25, 0.3) is 11.0 Å². The molecule has 8 nitrogen and oxygen atoms in total. The van der Waals surface area contributed by atoms with Crippen molar-refractivity contribution >= 4 is 22.9 Å². The highest BCUT2D eigenvalue weighted by Gasteiger charge is 2.39. The van der Waals surface area contributed by atoms with Crippen LogP contribution >= 0.6 is 0 Å². The second-order valence-electron chi connectivity index (χ2n) is 7.15. The fourth-order valence-electron chi connectivity index (χ4n) is 3.31. The zero-order valence-electron chi connectivity index (χ0n) is 16.7. The Labute approximate surface area is 174 Å². The maximum absolute atomic E-state index is 12.6. The highest BCUT2D eigenvalue weighted by molar-refractivity contribution is 5.91. The molecule has 152 valence electrons. The third-order valence-corrected chi connectivity index (χ3v) is 5.06. The third kappa shape index (κ3) is 4.30. The lowest BCUT2D eigenvalue weighted by Gasteiger charge is -2.12. The molecular formula is C22H22N6O2. The Morgan fingerprint density at radius 3 is 2.77 bits per heavy atom. The first kappa shape index (κ1) is 19.6. The number of methoxy groups -OCH3 is 1. The quantitative estimate of drug-likeness (QED) is 0.551. The minimum atomic E-state index is -0.474. The summed E-state index contributed by atoms with van der Waals surface area (Å²) in [6.45, 7) is 0.518. The van der Waals surface area contributed by atoms with Gasteiger partial charge in [-0.25, -0.2) is 9.97 Å². The fourth-order valence-corrected chi connectivity index (χ4v) is 3.31. The van der Waals surface area contributed by atoms with Crippen molar-refractivity contribution in [1.82, 2.24) is 14.5 Å². The monoisotopic (exact) mass is 402 g/mol. The smallest absolute Gasteiger partial charge is 0.226 e. The van der Waals surface area contributed by atoms with Crippen LogP contribution in [0.5, 0.6) is 5.88 Å². The first-order valence-electron chi connectivity index (χ1n) is 9.74. The van der Waals surface area contributed by atoms with Crippen LogP contribution < -0.4 is 10.1 Å². The molecule has 0 saturated carbocycles. The Kier molecular flexibility index (Phi) is 5.44. The van der Waals surface area contributed by atoms with Crippen LogP contribution in [0.1, 0.15) is 31.2 Å². The van der Waals surface area contributed by atoms with Crippen LogP contribution in [0.3, 0.4) is 0 Å². The number of nitrogens with zero attached hydrogens (tertiary/aromatic N) is 5. The van der Waals surface area contributed by atoms with Crippen molar-refractivity contribution in [2.45, 2.75) is 37.9 Å². The van der Waals surface area contributed by atoms with Crippen molar-refractivity contribution in [2.75, 3.05) is 12.4 Å². The average molecular weight is 402 g/mol. The number of terminal acetylenes is 1. The van der Waals surface area contributed by atoms with Gasteiger partial charge in [0.25, 0.3) is 0 Å². The van der Waals surface area contributed by atoms with Crippen molar-refractivity contribution in [3.63, 3.8) is 0 Å². The van der Waals surface area contributed by atoms with E-state index in [-0.39, 0.29) is 5.91 Å². The van der Waals surface area contributed by atoms with E-state index in [1.54, 1.807) is 13.3 Å². The molecule has 4 rings (SSSR count). The maximum atomic E-state index is 12.6. The number of imidazole rings is 1. The molecule has 0 unspecified atom stereocenters. The number of hydrogen-bond donors (Lipinski definition) is 1. The summed E-state index contributed by atoms with van der Waals surface area (Å²) in [5.74, 6) is 3.52. The molecule has 0 aliphatic carbocycles. The van der Waals surface area contributed by atoms with E-state index in [0.717, 1.165) is 16.6 Å². The van der Waals surface area contributed by atoms with Gasteiger partial charge in [0.15, 0.2) is 5.66 Å². The number of amides is 1. The predicted octanol–water partition coefficient (Wildman–Crippen LogP) is 3.78. The predicted molar refractivity (Wildman–Crippen MR) is 113 cm³/mol. The lowest BCUT2D eigenvalue weighted by molar-refractivity contribution is -0.116.